The van der Waals surface area contributed by atoms with Gasteiger partial charge in [0.15, 0.2) is 5.96 Å². The Morgan fingerprint density at radius 2 is 1.79 bits per heavy atom. The van der Waals surface area contributed by atoms with Gasteiger partial charge in [-0.1, -0.05) is 26.0 Å². The maximum atomic E-state index is 11.9. The molecule has 0 aliphatic carbocycles. The summed E-state index contributed by atoms with van der Waals surface area (Å²) in [6, 6.07) is 7.76. The number of piperidine rings is 1. The summed E-state index contributed by atoms with van der Waals surface area (Å²) in [6.07, 6.45) is 1.29. The molecule has 0 saturated carbocycles. The number of nitrogens with zero attached hydrogens (tertiary/aromatic N) is 3. The molecule has 0 spiro atoms. The summed E-state index contributed by atoms with van der Waals surface area (Å²) in [5, 5.41) is 3.45. The number of amides is 1. The fourth-order valence-corrected chi connectivity index (χ4v) is 3.37. The average molecular weight is 330 g/mol. The van der Waals surface area contributed by atoms with Gasteiger partial charge in [0, 0.05) is 46.3 Å². The molecule has 1 aliphatic heterocycles. The van der Waals surface area contributed by atoms with Crippen molar-refractivity contribution >= 4 is 11.9 Å². The summed E-state index contributed by atoms with van der Waals surface area (Å²) >= 11 is 0. The smallest absolute Gasteiger partial charge is 0.253 e. The number of hydrogen-bond acceptors (Lipinski definition) is 2. The Labute approximate surface area is 145 Å². The minimum atomic E-state index is 0.0293. The number of aliphatic imine (C=N–C) groups is 1. The molecule has 1 saturated heterocycles. The van der Waals surface area contributed by atoms with Gasteiger partial charge in [0.1, 0.15) is 0 Å². The lowest BCUT2D eigenvalue weighted by molar-refractivity contribution is 0.0827. The zero-order chi connectivity index (χ0) is 17.7. The zero-order valence-electron chi connectivity index (χ0n) is 15.5. The minimum absolute atomic E-state index is 0.0293. The summed E-state index contributed by atoms with van der Waals surface area (Å²) in [6.45, 7) is 7.43. The van der Waals surface area contributed by atoms with Crippen LogP contribution < -0.4 is 5.32 Å². The fraction of sp³-hybridized carbons (Fsp3) is 0.579. The van der Waals surface area contributed by atoms with E-state index in [0.29, 0.717) is 23.9 Å². The average Bonchev–Trinajstić information content (AvgIpc) is 2.54. The van der Waals surface area contributed by atoms with Crippen LogP contribution >= 0.6 is 0 Å². The second-order valence-corrected chi connectivity index (χ2v) is 7.15. The Morgan fingerprint density at radius 3 is 2.29 bits per heavy atom. The molecule has 0 radical (unpaired) electrons. The number of carbonyl (C=O) groups is 1. The van der Waals surface area contributed by atoms with Gasteiger partial charge >= 0.3 is 0 Å². The molecular weight excluding hydrogens is 300 g/mol. The fourth-order valence-electron chi connectivity index (χ4n) is 3.37. The molecule has 1 aromatic rings. The first-order valence-electron chi connectivity index (χ1n) is 8.67. The van der Waals surface area contributed by atoms with Gasteiger partial charge in [-0.2, -0.15) is 0 Å². The summed E-state index contributed by atoms with van der Waals surface area (Å²) in [4.78, 5) is 20.3. The zero-order valence-corrected chi connectivity index (χ0v) is 15.5. The van der Waals surface area contributed by atoms with Crippen molar-refractivity contribution in [2.45, 2.75) is 26.8 Å². The monoisotopic (exact) mass is 330 g/mol. The summed E-state index contributed by atoms with van der Waals surface area (Å²) in [5.41, 5.74) is 1.86. The van der Waals surface area contributed by atoms with Gasteiger partial charge in [-0.15, -0.1) is 0 Å². The first-order chi connectivity index (χ1) is 11.4. The van der Waals surface area contributed by atoms with Gasteiger partial charge in [0.2, 0.25) is 0 Å². The van der Waals surface area contributed by atoms with Crippen LogP contribution in [0.4, 0.5) is 0 Å². The number of guanidine groups is 1. The number of benzene rings is 1. The van der Waals surface area contributed by atoms with Gasteiger partial charge in [-0.3, -0.25) is 9.79 Å². The topological polar surface area (TPSA) is 47.9 Å². The Kier molecular flexibility index (Phi) is 6.23. The minimum Gasteiger partial charge on any atom is -0.352 e. The maximum absolute atomic E-state index is 11.9. The van der Waals surface area contributed by atoms with Crippen molar-refractivity contribution < 1.29 is 4.79 Å². The lowest BCUT2D eigenvalue weighted by Crippen LogP contribution is -2.48. The van der Waals surface area contributed by atoms with E-state index in [1.165, 1.54) is 6.42 Å². The molecule has 5 heteroatoms. The normalized spacial score (nSPS) is 21.5. The van der Waals surface area contributed by atoms with E-state index in [1.54, 1.807) is 19.0 Å². The van der Waals surface area contributed by atoms with Crippen molar-refractivity contribution in [1.29, 1.82) is 0 Å². The van der Waals surface area contributed by atoms with Crippen molar-refractivity contribution in [2.75, 3.05) is 34.2 Å². The predicted molar refractivity (Wildman–Crippen MR) is 99.2 cm³/mol. The summed E-state index contributed by atoms with van der Waals surface area (Å²) < 4.78 is 0. The van der Waals surface area contributed by atoms with Gasteiger partial charge in [-0.05, 0) is 36.0 Å². The van der Waals surface area contributed by atoms with E-state index in [-0.39, 0.29) is 5.91 Å². The van der Waals surface area contributed by atoms with Crippen LogP contribution in [0.25, 0.3) is 0 Å². The molecule has 1 aromatic carbocycles. The van der Waals surface area contributed by atoms with Gasteiger partial charge in [0.05, 0.1) is 0 Å². The first-order valence-corrected chi connectivity index (χ1v) is 8.67. The SMILES string of the molecule is CN=C(NCc1ccc(C(=O)N(C)C)cc1)N1CC(C)CC(C)C1. The lowest BCUT2D eigenvalue weighted by Gasteiger charge is -2.37. The quantitative estimate of drug-likeness (QED) is 0.684. The Balaban J connectivity index is 1.95. The third-order valence-electron chi connectivity index (χ3n) is 4.44. The molecule has 1 aliphatic rings. The maximum Gasteiger partial charge on any atom is 0.253 e. The molecule has 24 heavy (non-hydrogen) atoms. The van der Waals surface area contributed by atoms with E-state index < -0.39 is 0 Å². The molecule has 1 amide bonds. The first kappa shape index (κ1) is 18.3. The number of hydrogen-bond donors (Lipinski definition) is 1. The lowest BCUT2D eigenvalue weighted by atomic mass is 9.92. The van der Waals surface area contributed by atoms with Crippen LogP contribution in [0.15, 0.2) is 29.3 Å². The molecule has 2 rings (SSSR count). The highest BCUT2D eigenvalue weighted by Gasteiger charge is 2.23. The molecular formula is C19H30N4O. The van der Waals surface area contributed by atoms with Crippen molar-refractivity contribution in [3.63, 3.8) is 0 Å². The van der Waals surface area contributed by atoms with Crippen molar-refractivity contribution in [1.82, 2.24) is 15.1 Å². The number of likely N-dealkylation sites (tertiary alicyclic amines) is 1. The van der Waals surface area contributed by atoms with Crippen LogP contribution in [0.3, 0.4) is 0 Å². The van der Waals surface area contributed by atoms with Crippen molar-refractivity contribution in [3.05, 3.63) is 35.4 Å². The molecule has 0 bridgehead atoms. The van der Waals surface area contributed by atoms with E-state index in [0.717, 1.165) is 24.6 Å². The Bertz CT molecular complexity index is 570. The van der Waals surface area contributed by atoms with E-state index in [2.05, 4.69) is 29.1 Å². The molecule has 2 unspecified atom stereocenters. The summed E-state index contributed by atoms with van der Waals surface area (Å²) in [5.74, 6) is 2.38. The second kappa shape index (κ2) is 8.18. The largest absolute Gasteiger partial charge is 0.352 e. The van der Waals surface area contributed by atoms with E-state index in [4.69, 9.17) is 0 Å². The number of nitrogens with one attached hydrogen (secondary N) is 1. The second-order valence-electron chi connectivity index (χ2n) is 7.15. The molecule has 1 fully saturated rings. The summed E-state index contributed by atoms with van der Waals surface area (Å²) in [7, 11) is 5.37. The number of rotatable bonds is 3. The van der Waals surface area contributed by atoms with Gasteiger partial charge in [-0.25, -0.2) is 0 Å². The van der Waals surface area contributed by atoms with Gasteiger partial charge < -0.3 is 15.1 Å². The van der Waals surface area contributed by atoms with Crippen molar-refractivity contribution in [2.24, 2.45) is 16.8 Å². The third-order valence-corrected chi connectivity index (χ3v) is 4.44. The molecule has 1 N–H and O–H groups in total. The van der Waals surface area contributed by atoms with Crippen LogP contribution in [0.1, 0.15) is 36.2 Å². The van der Waals surface area contributed by atoms with E-state index in [9.17, 15) is 4.79 Å². The van der Waals surface area contributed by atoms with Crippen LogP contribution in [-0.2, 0) is 6.54 Å². The highest BCUT2D eigenvalue weighted by Crippen LogP contribution is 2.20. The molecule has 0 aromatic heterocycles. The van der Waals surface area contributed by atoms with Crippen LogP contribution in [0.5, 0.6) is 0 Å². The molecule has 5 nitrogen and oxygen atoms in total. The number of carbonyl (C=O) groups excluding carboxylic acids is 1. The predicted octanol–water partition coefficient (Wildman–Crippen LogP) is 2.44. The standard InChI is InChI=1S/C19H30N4O/c1-14-10-15(2)13-23(12-14)19(20-3)21-11-16-6-8-17(9-7-16)18(24)22(4)5/h6-9,14-15H,10-13H2,1-5H3,(H,20,21). The highest BCUT2D eigenvalue weighted by molar-refractivity contribution is 5.93. The van der Waals surface area contributed by atoms with E-state index >= 15 is 0 Å². The van der Waals surface area contributed by atoms with Crippen molar-refractivity contribution in [3.8, 4) is 0 Å². The highest BCUT2D eigenvalue weighted by atomic mass is 16.2. The molecule has 2 atom stereocenters. The van der Waals surface area contributed by atoms with Crippen LogP contribution in [0.2, 0.25) is 0 Å². The molecule has 132 valence electrons. The Hall–Kier alpha value is -2.04. The van der Waals surface area contributed by atoms with E-state index in [1.807, 2.05) is 31.3 Å². The Morgan fingerprint density at radius 1 is 1.21 bits per heavy atom. The molecule has 1 heterocycles. The van der Waals surface area contributed by atoms with Crippen LogP contribution in [0, 0.1) is 11.8 Å². The third kappa shape index (κ3) is 4.73. The van der Waals surface area contributed by atoms with Gasteiger partial charge in [0.25, 0.3) is 5.91 Å². The van der Waals surface area contributed by atoms with Crippen LogP contribution in [-0.4, -0.2) is 55.9 Å².